The summed E-state index contributed by atoms with van der Waals surface area (Å²) in [5.41, 5.74) is -0.0381. The van der Waals surface area contributed by atoms with E-state index in [0.717, 1.165) is 18.2 Å². The lowest BCUT2D eigenvalue weighted by Gasteiger charge is -2.28. The zero-order valence-electron chi connectivity index (χ0n) is 18.8. The molecule has 0 saturated carbocycles. The van der Waals surface area contributed by atoms with Gasteiger partial charge in [0.1, 0.15) is 0 Å². The quantitative estimate of drug-likeness (QED) is 0.396. The minimum atomic E-state index is -4.86. The predicted octanol–water partition coefficient (Wildman–Crippen LogP) is 5.35. The number of carbonyl (C=O) groups excluding carboxylic acids is 2. The molecule has 1 heterocycles. The van der Waals surface area contributed by atoms with Gasteiger partial charge in [-0.05, 0) is 48.0 Å². The van der Waals surface area contributed by atoms with E-state index in [1.165, 1.54) is 18.2 Å². The Labute approximate surface area is 214 Å². The van der Waals surface area contributed by atoms with Crippen LogP contribution in [0, 0.1) is 0 Å². The Hall–Kier alpha value is -3.27. The molecule has 0 aliphatic carbocycles. The molecule has 0 saturated heterocycles. The van der Waals surface area contributed by atoms with Gasteiger partial charge in [-0.25, -0.2) is 0 Å². The number of fused-ring (bicyclic) bond motifs is 1. The van der Waals surface area contributed by atoms with Gasteiger partial charge in [0, 0.05) is 33.3 Å². The van der Waals surface area contributed by atoms with E-state index in [9.17, 15) is 22.8 Å². The minimum absolute atomic E-state index is 0.0278. The van der Waals surface area contributed by atoms with Gasteiger partial charge in [0.2, 0.25) is 11.5 Å². The van der Waals surface area contributed by atoms with Crippen molar-refractivity contribution in [2.24, 2.45) is 0 Å². The second-order valence-electron chi connectivity index (χ2n) is 8.00. The fourth-order valence-electron chi connectivity index (χ4n) is 3.99. The number of hydrogen-bond donors (Lipinski definition) is 3. The van der Waals surface area contributed by atoms with Gasteiger partial charge >= 0.3 is 6.18 Å². The summed E-state index contributed by atoms with van der Waals surface area (Å²) in [5, 5.41) is 6.18. The van der Waals surface area contributed by atoms with Crippen LogP contribution in [0.2, 0.25) is 10.0 Å². The third-order valence-corrected chi connectivity index (χ3v) is 6.06. The van der Waals surface area contributed by atoms with Crippen molar-refractivity contribution in [1.29, 1.82) is 0 Å². The summed E-state index contributed by atoms with van der Waals surface area (Å²) in [6.07, 6.45) is -3.93. The Morgan fingerprint density at radius 1 is 1.00 bits per heavy atom. The van der Waals surface area contributed by atoms with E-state index in [1.807, 2.05) is 0 Å². The topological polar surface area (TPSA) is 79.5 Å². The zero-order valence-corrected chi connectivity index (χ0v) is 20.3. The predicted molar refractivity (Wildman–Crippen MR) is 131 cm³/mol. The van der Waals surface area contributed by atoms with E-state index in [0.29, 0.717) is 22.9 Å². The Bertz CT molecular complexity index is 1360. The number of hydroxylamine groups is 1. The van der Waals surface area contributed by atoms with Gasteiger partial charge < -0.3 is 10.6 Å². The maximum Gasteiger partial charge on any atom is 0.428 e. The SMILES string of the molecule is CCNC(=O)CNC(=O)c1ccc(C2=CC(c3cc(Cl)cc(Cl)c3)(C(F)(F)F)ON2)c2ccccc12. The highest BCUT2D eigenvalue weighted by Crippen LogP contribution is 2.48. The molecule has 1 atom stereocenters. The van der Waals surface area contributed by atoms with Crippen molar-refractivity contribution in [3.63, 3.8) is 0 Å². The Morgan fingerprint density at radius 2 is 1.67 bits per heavy atom. The summed E-state index contributed by atoms with van der Waals surface area (Å²) < 4.78 is 43.1. The second-order valence-corrected chi connectivity index (χ2v) is 8.87. The smallest absolute Gasteiger partial charge is 0.355 e. The molecule has 188 valence electrons. The van der Waals surface area contributed by atoms with Crippen LogP contribution in [0.5, 0.6) is 0 Å². The second kappa shape index (κ2) is 10.0. The van der Waals surface area contributed by atoms with E-state index in [-0.39, 0.29) is 39.3 Å². The molecule has 6 nitrogen and oxygen atoms in total. The highest BCUT2D eigenvalue weighted by molar-refractivity contribution is 6.34. The van der Waals surface area contributed by atoms with Crippen LogP contribution in [-0.4, -0.2) is 31.1 Å². The van der Waals surface area contributed by atoms with Crippen LogP contribution in [-0.2, 0) is 15.2 Å². The van der Waals surface area contributed by atoms with E-state index in [2.05, 4.69) is 16.1 Å². The Balaban J connectivity index is 1.77. The van der Waals surface area contributed by atoms with Crippen molar-refractivity contribution in [1.82, 2.24) is 16.1 Å². The largest absolute Gasteiger partial charge is 0.428 e. The molecule has 0 aromatic heterocycles. The number of amides is 2. The van der Waals surface area contributed by atoms with Crippen molar-refractivity contribution >= 4 is 51.5 Å². The molecular weight excluding hydrogens is 518 g/mol. The van der Waals surface area contributed by atoms with E-state index in [1.54, 1.807) is 31.2 Å². The standard InChI is InChI=1S/C25H20Cl2F3N3O3/c1-2-31-22(34)13-32-23(35)20-8-7-19(17-5-3-4-6-18(17)20)21-12-24(36-33-21,25(28,29)30)14-9-15(26)11-16(27)10-14/h3-12,33H,2,13H2,1H3,(H,31,34)(H,32,35). The van der Waals surface area contributed by atoms with Crippen molar-refractivity contribution in [2.75, 3.05) is 13.1 Å². The van der Waals surface area contributed by atoms with Gasteiger partial charge in [-0.15, -0.1) is 0 Å². The molecule has 3 aromatic carbocycles. The van der Waals surface area contributed by atoms with Crippen LogP contribution in [0.1, 0.15) is 28.4 Å². The first-order chi connectivity index (χ1) is 17.1. The first-order valence-electron chi connectivity index (χ1n) is 10.8. The molecule has 0 fully saturated rings. The minimum Gasteiger partial charge on any atom is -0.355 e. The summed E-state index contributed by atoms with van der Waals surface area (Å²) in [6.45, 7) is 1.98. The van der Waals surface area contributed by atoms with Crippen LogP contribution >= 0.6 is 23.2 Å². The van der Waals surface area contributed by atoms with Crippen LogP contribution < -0.4 is 16.1 Å². The molecule has 0 radical (unpaired) electrons. The first-order valence-corrected chi connectivity index (χ1v) is 11.6. The molecule has 0 bridgehead atoms. The summed E-state index contributed by atoms with van der Waals surface area (Å²) in [4.78, 5) is 29.6. The van der Waals surface area contributed by atoms with Gasteiger partial charge in [-0.1, -0.05) is 53.5 Å². The lowest BCUT2D eigenvalue weighted by Crippen LogP contribution is -2.42. The molecular formula is C25H20Cl2F3N3O3. The van der Waals surface area contributed by atoms with E-state index >= 15 is 0 Å². The average Bonchev–Trinajstić information content (AvgIpc) is 3.28. The highest BCUT2D eigenvalue weighted by Gasteiger charge is 2.59. The maximum absolute atomic E-state index is 14.4. The average molecular weight is 538 g/mol. The van der Waals surface area contributed by atoms with Gasteiger partial charge in [-0.2, -0.15) is 13.2 Å². The monoisotopic (exact) mass is 537 g/mol. The molecule has 3 N–H and O–H groups in total. The fourth-order valence-corrected chi connectivity index (χ4v) is 4.52. The summed E-state index contributed by atoms with van der Waals surface area (Å²) in [7, 11) is 0. The summed E-state index contributed by atoms with van der Waals surface area (Å²) >= 11 is 11.9. The highest BCUT2D eigenvalue weighted by atomic mass is 35.5. The van der Waals surface area contributed by atoms with Crippen molar-refractivity contribution in [3.8, 4) is 0 Å². The van der Waals surface area contributed by atoms with Crippen molar-refractivity contribution < 1.29 is 27.6 Å². The molecule has 36 heavy (non-hydrogen) atoms. The molecule has 4 rings (SSSR count). The molecule has 11 heteroatoms. The molecule has 2 amide bonds. The normalized spacial score (nSPS) is 17.4. The van der Waals surface area contributed by atoms with Gasteiger partial charge in [0.15, 0.2) is 0 Å². The summed E-state index contributed by atoms with van der Waals surface area (Å²) in [6, 6.07) is 13.4. The molecule has 1 unspecified atom stereocenters. The molecule has 1 aliphatic rings. The Kier molecular flexibility index (Phi) is 7.17. The number of nitrogens with one attached hydrogen (secondary N) is 3. The maximum atomic E-state index is 14.4. The van der Waals surface area contributed by atoms with Crippen LogP contribution in [0.25, 0.3) is 16.5 Å². The van der Waals surface area contributed by atoms with Crippen LogP contribution in [0.3, 0.4) is 0 Å². The van der Waals surface area contributed by atoms with Gasteiger partial charge in [-0.3, -0.25) is 19.9 Å². The third kappa shape index (κ3) is 4.86. The molecule has 1 aliphatic heterocycles. The number of rotatable bonds is 6. The number of likely N-dealkylation sites (N-methyl/N-ethyl adjacent to an activating group) is 1. The first kappa shape index (κ1) is 25.8. The van der Waals surface area contributed by atoms with Crippen LogP contribution in [0.15, 0.2) is 60.7 Å². The van der Waals surface area contributed by atoms with Crippen molar-refractivity contribution in [2.45, 2.75) is 18.7 Å². The van der Waals surface area contributed by atoms with Gasteiger partial charge in [0.25, 0.3) is 5.91 Å². The number of alkyl halides is 3. The summed E-state index contributed by atoms with van der Waals surface area (Å²) in [5.74, 6) is -0.833. The molecule has 0 spiro atoms. The van der Waals surface area contributed by atoms with Crippen molar-refractivity contribution in [3.05, 3.63) is 87.4 Å². The van der Waals surface area contributed by atoms with E-state index < -0.39 is 17.7 Å². The Morgan fingerprint density at radius 3 is 2.31 bits per heavy atom. The third-order valence-electron chi connectivity index (χ3n) is 5.62. The number of halogens is 5. The number of hydrogen-bond acceptors (Lipinski definition) is 4. The van der Waals surface area contributed by atoms with E-state index in [4.69, 9.17) is 28.0 Å². The number of benzene rings is 3. The lowest BCUT2D eigenvalue weighted by molar-refractivity contribution is -0.269. The van der Waals surface area contributed by atoms with Gasteiger partial charge in [0.05, 0.1) is 12.2 Å². The molecule has 3 aromatic rings. The number of carbonyl (C=O) groups is 2. The lowest BCUT2D eigenvalue weighted by atomic mass is 9.90. The fraction of sp³-hybridized carbons (Fsp3) is 0.200. The zero-order chi connectivity index (χ0) is 26.1. The van der Waals surface area contributed by atoms with Crippen LogP contribution in [0.4, 0.5) is 13.2 Å².